The number of hydrogen-bond acceptors (Lipinski definition) is 9. The standard InChI is InChI=1S/C24H28N8O2S2/c1-14(27-13-19(33)32-8-3-4-17(32)12-25)11-24(23-28-30-31-29-23)20-15(7-9-35-20)5-6-16-10-18(22(34)26-2)36-21(16)24/h7,9-10,14,17,27H,3-6,8,11,13H2,1-2H3,(H,26,34)(H,28,29,30,31)/t14-,17?,24?/m0/s1. The van der Waals surface area contributed by atoms with Crippen LogP contribution in [-0.2, 0) is 23.1 Å². The molecule has 188 valence electrons. The molecule has 10 nitrogen and oxygen atoms in total. The van der Waals surface area contributed by atoms with E-state index in [1.807, 2.05) is 13.0 Å². The Kier molecular flexibility index (Phi) is 6.87. The van der Waals surface area contributed by atoms with Crippen LogP contribution in [0, 0.1) is 11.3 Å². The monoisotopic (exact) mass is 524 g/mol. The summed E-state index contributed by atoms with van der Waals surface area (Å²) in [5.41, 5.74) is 1.65. The minimum absolute atomic E-state index is 0.0593. The molecule has 0 saturated carbocycles. The number of rotatable bonds is 7. The fourth-order valence-electron chi connectivity index (χ4n) is 5.41. The molecule has 12 heteroatoms. The predicted molar refractivity (Wildman–Crippen MR) is 136 cm³/mol. The van der Waals surface area contributed by atoms with Gasteiger partial charge in [0.25, 0.3) is 5.91 Å². The van der Waals surface area contributed by atoms with Crippen LogP contribution in [0.2, 0.25) is 0 Å². The van der Waals surface area contributed by atoms with Gasteiger partial charge in [-0.25, -0.2) is 0 Å². The molecule has 3 aromatic heterocycles. The van der Waals surface area contributed by atoms with Crippen LogP contribution in [0.15, 0.2) is 17.5 Å². The second kappa shape index (κ2) is 10.1. The summed E-state index contributed by atoms with van der Waals surface area (Å²) in [6.45, 7) is 2.82. The van der Waals surface area contributed by atoms with E-state index in [4.69, 9.17) is 0 Å². The number of carbonyl (C=O) groups is 2. The maximum absolute atomic E-state index is 12.9. The Hall–Kier alpha value is -3.14. The van der Waals surface area contributed by atoms with Crippen molar-refractivity contribution in [3.8, 4) is 6.07 Å². The first-order valence-corrected chi connectivity index (χ1v) is 13.8. The van der Waals surface area contributed by atoms with Crippen LogP contribution >= 0.6 is 22.7 Å². The summed E-state index contributed by atoms with van der Waals surface area (Å²) in [7, 11) is 1.64. The molecule has 0 bridgehead atoms. The van der Waals surface area contributed by atoms with Gasteiger partial charge in [0.05, 0.1) is 17.5 Å². The van der Waals surface area contributed by atoms with Crippen molar-refractivity contribution in [3.63, 3.8) is 0 Å². The topological polar surface area (TPSA) is 140 Å². The average Bonchev–Trinajstić information content (AvgIpc) is 3.69. The molecule has 1 saturated heterocycles. The highest BCUT2D eigenvalue weighted by Gasteiger charge is 2.48. The average molecular weight is 525 g/mol. The molecule has 0 aromatic carbocycles. The van der Waals surface area contributed by atoms with E-state index in [-0.39, 0.29) is 30.4 Å². The Bertz CT molecular complexity index is 1290. The number of carbonyl (C=O) groups excluding carboxylic acids is 2. The molecule has 2 unspecified atom stereocenters. The zero-order chi connectivity index (χ0) is 25.3. The van der Waals surface area contributed by atoms with Gasteiger partial charge in [-0.1, -0.05) is 5.21 Å². The van der Waals surface area contributed by atoms with Gasteiger partial charge in [-0.05, 0) is 67.7 Å². The summed E-state index contributed by atoms with van der Waals surface area (Å²) in [4.78, 5) is 30.0. The summed E-state index contributed by atoms with van der Waals surface area (Å²) in [6, 6.07) is 5.94. The Balaban J connectivity index is 1.50. The van der Waals surface area contributed by atoms with Crippen LogP contribution in [0.25, 0.3) is 0 Å². The van der Waals surface area contributed by atoms with E-state index in [2.05, 4.69) is 48.8 Å². The van der Waals surface area contributed by atoms with Crippen LogP contribution in [-0.4, -0.2) is 69.6 Å². The number of nitriles is 1. The van der Waals surface area contributed by atoms with E-state index >= 15 is 0 Å². The largest absolute Gasteiger partial charge is 0.354 e. The zero-order valence-corrected chi connectivity index (χ0v) is 21.8. The maximum Gasteiger partial charge on any atom is 0.261 e. The Morgan fingerprint density at radius 3 is 2.94 bits per heavy atom. The number of amides is 2. The van der Waals surface area contributed by atoms with Crippen molar-refractivity contribution >= 4 is 34.5 Å². The number of hydrogen-bond donors (Lipinski definition) is 3. The summed E-state index contributed by atoms with van der Waals surface area (Å²) in [5, 5.41) is 33.0. The molecule has 3 aromatic rings. The van der Waals surface area contributed by atoms with Gasteiger partial charge in [0.2, 0.25) is 5.91 Å². The van der Waals surface area contributed by atoms with Gasteiger partial charge >= 0.3 is 0 Å². The first kappa shape index (κ1) is 24.5. The highest BCUT2D eigenvalue weighted by molar-refractivity contribution is 7.15. The van der Waals surface area contributed by atoms with Gasteiger partial charge in [-0.2, -0.15) is 10.5 Å². The molecule has 2 amide bonds. The molecule has 0 spiro atoms. The number of fused-ring (bicyclic) bond motifs is 2. The summed E-state index contributed by atoms with van der Waals surface area (Å²) in [6.07, 6.45) is 3.85. The predicted octanol–water partition coefficient (Wildman–Crippen LogP) is 2.00. The fourth-order valence-corrected chi connectivity index (χ4v) is 8.00. The number of aromatic nitrogens is 4. The SMILES string of the molecule is CNC(=O)c1cc2c(s1)C(C[C@H](C)NCC(=O)N1CCCC1C#N)(c1nn[nH]n1)c1sccc1CC2. The van der Waals surface area contributed by atoms with Gasteiger partial charge in [0, 0.05) is 29.4 Å². The van der Waals surface area contributed by atoms with Gasteiger partial charge in [-0.3, -0.25) is 9.59 Å². The molecular weight excluding hydrogens is 496 g/mol. The molecule has 3 N–H and O–H groups in total. The molecule has 36 heavy (non-hydrogen) atoms. The van der Waals surface area contributed by atoms with Crippen molar-refractivity contribution < 1.29 is 9.59 Å². The molecule has 0 radical (unpaired) electrons. The third-order valence-corrected chi connectivity index (χ3v) is 9.57. The van der Waals surface area contributed by atoms with E-state index in [0.29, 0.717) is 23.7 Å². The van der Waals surface area contributed by atoms with Crippen LogP contribution in [0.3, 0.4) is 0 Å². The van der Waals surface area contributed by atoms with Crippen molar-refractivity contribution in [1.82, 2.24) is 36.2 Å². The lowest BCUT2D eigenvalue weighted by Gasteiger charge is -2.33. The lowest BCUT2D eigenvalue weighted by molar-refractivity contribution is -0.130. The Labute approximate surface area is 217 Å². The lowest BCUT2D eigenvalue weighted by atomic mass is 9.76. The molecular formula is C24H28N8O2S2. The minimum Gasteiger partial charge on any atom is -0.354 e. The van der Waals surface area contributed by atoms with Crippen molar-refractivity contribution in [2.45, 2.75) is 56.5 Å². The number of aryl methyl sites for hydroxylation is 2. The number of H-pyrrole nitrogens is 1. The molecule has 5 rings (SSSR count). The molecule has 1 aliphatic heterocycles. The zero-order valence-electron chi connectivity index (χ0n) is 20.2. The smallest absolute Gasteiger partial charge is 0.261 e. The normalized spacial score (nSPS) is 21.8. The molecule has 2 aliphatic rings. The lowest BCUT2D eigenvalue weighted by Crippen LogP contribution is -2.45. The Morgan fingerprint density at radius 2 is 2.19 bits per heavy atom. The second-order valence-electron chi connectivity index (χ2n) is 9.32. The summed E-state index contributed by atoms with van der Waals surface area (Å²) < 4.78 is 0. The van der Waals surface area contributed by atoms with E-state index < -0.39 is 5.41 Å². The van der Waals surface area contributed by atoms with Gasteiger partial charge < -0.3 is 15.5 Å². The third kappa shape index (κ3) is 4.21. The van der Waals surface area contributed by atoms with Crippen molar-refractivity contribution in [1.29, 1.82) is 5.26 Å². The number of likely N-dealkylation sites (tertiary alicyclic amines) is 1. The van der Waals surface area contributed by atoms with Crippen molar-refractivity contribution in [3.05, 3.63) is 49.1 Å². The van der Waals surface area contributed by atoms with Crippen LogP contribution in [0.4, 0.5) is 0 Å². The van der Waals surface area contributed by atoms with E-state index in [1.54, 1.807) is 23.3 Å². The summed E-state index contributed by atoms with van der Waals surface area (Å²) >= 11 is 3.14. The third-order valence-electron chi connectivity index (χ3n) is 7.11. The van der Waals surface area contributed by atoms with E-state index in [0.717, 1.165) is 41.0 Å². The van der Waals surface area contributed by atoms with E-state index in [1.165, 1.54) is 16.9 Å². The van der Waals surface area contributed by atoms with Gasteiger partial charge in [0.15, 0.2) is 5.82 Å². The number of nitrogens with zero attached hydrogens (tertiary/aromatic N) is 5. The molecule has 1 fully saturated rings. The quantitative estimate of drug-likeness (QED) is 0.429. The first-order valence-electron chi connectivity index (χ1n) is 12.1. The molecule has 3 atom stereocenters. The number of tetrazole rings is 1. The van der Waals surface area contributed by atoms with Gasteiger partial charge in [-0.15, -0.1) is 32.9 Å². The highest BCUT2D eigenvalue weighted by atomic mass is 32.1. The molecule has 4 heterocycles. The maximum atomic E-state index is 12.9. The first-order chi connectivity index (χ1) is 17.5. The van der Waals surface area contributed by atoms with Gasteiger partial charge in [0.1, 0.15) is 11.5 Å². The number of aromatic amines is 1. The number of thiophene rings is 2. The number of nitrogens with one attached hydrogen (secondary N) is 3. The van der Waals surface area contributed by atoms with E-state index in [9.17, 15) is 14.9 Å². The fraction of sp³-hybridized carbons (Fsp3) is 0.500. The minimum atomic E-state index is -0.711. The molecule has 1 aliphatic carbocycles. The second-order valence-corrected chi connectivity index (χ2v) is 11.3. The summed E-state index contributed by atoms with van der Waals surface area (Å²) in [5.74, 6) is 0.385. The highest BCUT2D eigenvalue weighted by Crippen LogP contribution is 2.51. The van der Waals surface area contributed by atoms with Crippen molar-refractivity contribution in [2.75, 3.05) is 20.1 Å². The Morgan fingerprint density at radius 1 is 1.36 bits per heavy atom. The van der Waals surface area contributed by atoms with Crippen molar-refractivity contribution in [2.24, 2.45) is 0 Å². The van der Waals surface area contributed by atoms with Crippen LogP contribution in [0.5, 0.6) is 0 Å². The van der Waals surface area contributed by atoms with Crippen LogP contribution in [0.1, 0.15) is 62.6 Å². The van der Waals surface area contributed by atoms with Crippen LogP contribution < -0.4 is 10.6 Å².